The molecule has 0 radical (unpaired) electrons. The number of nitrogens with two attached hydrogens (primary N) is 1. The van der Waals surface area contributed by atoms with Crippen molar-refractivity contribution in [2.45, 2.75) is 19.4 Å². The Labute approximate surface area is 123 Å². The summed E-state index contributed by atoms with van der Waals surface area (Å²) in [5.41, 5.74) is 6.83. The predicted molar refractivity (Wildman–Crippen MR) is 80.3 cm³/mol. The van der Waals surface area contributed by atoms with Crippen LogP contribution in [0.4, 0.5) is 0 Å². The van der Waals surface area contributed by atoms with E-state index in [9.17, 15) is 0 Å². The quantitative estimate of drug-likeness (QED) is 0.889. The van der Waals surface area contributed by atoms with Gasteiger partial charge in [-0.1, -0.05) is 29.3 Å². The molecular weight excluding hydrogens is 281 g/mol. The molecule has 0 aliphatic heterocycles. The van der Waals surface area contributed by atoms with Crippen molar-refractivity contribution in [3.63, 3.8) is 0 Å². The van der Waals surface area contributed by atoms with Crippen molar-refractivity contribution in [1.29, 1.82) is 0 Å². The van der Waals surface area contributed by atoms with Crippen LogP contribution in [0.5, 0.6) is 11.5 Å². The molecule has 0 aliphatic rings. The van der Waals surface area contributed by atoms with E-state index in [0.29, 0.717) is 22.2 Å². The first kappa shape index (κ1) is 14.2. The van der Waals surface area contributed by atoms with Gasteiger partial charge in [-0.25, -0.2) is 0 Å². The second-order valence-electron chi connectivity index (χ2n) is 4.49. The third kappa shape index (κ3) is 4.13. The van der Waals surface area contributed by atoms with Gasteiger partial charge in [0.1, 0.15) is 11.5 Å². The SMILES string of the molecule is CC(N)Cc1cc(Cl)ccc1Oc1cccc(Cl)c1. The molecule has 0 heterocycles. The Morgan fingerprint density at radius 3 is 2.53 bits per heavy atom. The minimum absolute atomic E-state index is 0.0418. The summed E-state index contributed by atoms with van der Waals surface area (Å²) in [4.78, 5) is 0. The molecule has 0 aliphatic carbocycles. The highest BCUT2D eigenvalue weighted by Gasteiger charge is 2.08. The first-order chi connectivity index (χ1) is 9.04. The first-order valence-corrected chi connectivity index (χ1v) is 6.77. The van der Waals surface area contributed by atoms with Gasteiger partial charge in [0.2, 0.25) is 0 Å². The van der Waals surface area contributed by atoms with Crippen LogP contribution in [-0.2, 0) is 6.42 Å². The summed E-state index contributed by atoms with van der Waals surface area (Å²) in [6.07, 6.45) is 0.705. The molecule has 0 aromatic heterocycles. The molecule has 0 fully saturated rings. The van der Waals surface area contributed by atoms with Crippen LogP contribution in [0.2, 0.25) is 10.0 Å². The zero-order valence-electron chi connectivity index (χ0n) is 10.6. The molecule has 0 saturated carbocycles. The smallest absolute Gasteiger partial charge is 0.130 e. The maximum absolute atomic E-state index is 6.01. The normalized spacial score (nSPS) is 12.2. The van der Waals surface area contributed by atoms with Crippen molar-refractivity contribution < 1.29 is 4.74 Å². The van der Waals surface area contributed by atoms with Crippen molar-refractivity contribution in [2.75, 3.05) is 0 Å². The molecule has 0 amide bonds. The van der Waals surface area contributed by atoms with E-state index in [2.05, 4.69) is 0 Å². The summed E-state index contributed by atoms with van der Waals surface area (Å²) >= 11 is 12.0. The fraction of sp³-hybridized carbons (Fsp3) is 0.200. The van der Waals surface area contributed by atoms with Gasteiger partial charge < -0.3 is 10.5 Å². The average molecular weight is 296 g/mol. The van der Waals surface area contributed by atoms with Crippen LogP contribution >= 0.6 is 23.2 Å². The van der Waals surface area contributed by atoms with E-state index in [1.54, 1.807) is 18.2 Å². The number of hydrogen-bond acceptors (Lipinski definition) is 2. The minimum Gasteiger partial charge on any atom is -0.457 e. The van der Waals surface area contributed by atoms with Gasteiger partial charge in [0.25, 0.3) is 0 Å². The molecule has 0 spiro atoms. The fourth-order valence-electron chi connectivity index (χ4n) is 1.81. The highest BCUT2D eigenvalue weighted by molar-refractivity contribution is 6.31. The Bertz CT molecular complexity index is 570. The van der Waals surface area contributed by atoms with Crippen LogP contribution in [0, 0.1) is 0 Å². The van der Waals surface area contributed by atoms with Gasteiger partial charge in [0.15, 0.2) is 0 Å². The van der Waals surface area contributed by atoms with Gasteiger partial charge >= 0.3 is 0 Å². The second kappa shape index (κ2) is 6.29. The van der Waals surface area contributed by atoms with Gasteiger partial charge in [0, 0.05) is 16.1 Å². The molecule has 0 saturated heterocycles. The molecular formula is C15H15Cl2NO. The molecule has 2 aromatic carbocycles. The summed E-state index contributed by atoms with van der Waals surface area (Å²) in [5.74, 6) is 1.45. The lowest BCUT2D eigenvalue weighted by Crippen LogP contribution is -2.18. The molecule has 100 valence electrons. The van der Waals surface area contributed by atoms with Crippen LogP contribution in [0.25, 0.3) is 0 Å². The number of ether oxygens (including phenoxy) is 1. The van der Waals surface area contributed by atoms with Crippen LogP contribution < -0.4 is 10.5 Å². The standard InChI is InChI=1S/C15H15Cl2NO/c1-10(18)7-11-8-13(17)5-6-15(11)19-14-4-2-3-12(16)9-14/h2-6,8-10H,7,18H2,1H3. The average Bonchev–Trinajstić information content (AvgIpc) is 2.32. The molecule has 1 unspecified atom stereocenters. The Balaban J connectivity index is 2.28. The Morgan fingerprint density at radius 1 is 1.11 bits per heavy atom. The molecule has 2 N–H and O–H groups in total. The maximum atomic E-state index is 6.01. The van der Waals surface area contributed by atoms with E-state index in [1.807, 2.05) is 31.2 Å². The molecule has 4 heteroatoms. The lowest BCUT2D eigenvalue weighted by molar-refractivity contribution is 0.474. The lowest BCUT2D eigenvalue weighted by atomic mass is 10.1. The summed E-state index contributed by atoms with van der Waals surface area (Å²) in [5, 5.41) is 1.31. The number of benzene rings is 2. The van der Waals surface area contributed by atoms with Crippen molar-refractivity contribution in [2.24, 2.45) is 5.73 Å². The van der Waals surface area contributed by atoms with E-state index in [0.717, 1.165) is 11.3 Å². The van der Waals surface area contributed by atoms with Gasteiger partial charge in [-0.3, -0.25) is 0 Å². The largest absolute Gasteiger partial charge is 0.457 e. The monoisotopic (exact) mass is 295 g/mol. The Kier molecular flexibility index (Phi) is 4.70. The highest BCUT2D eigenvalue weighted by Crippen LogP contribution is 2.29. The van der Waals surface area contributed by atoms with E-state index in [-0.39, 0.29) is 6.04 Å². The molecule has 2 aromatic rings. The van der Waals surface area contributed by atoms with Gasteiger partial charge in [-0.05, 0) is 55.3 Å². The topological polar surface area (TPSA) is 35.2 Å². The zero-order valence-corrected chi connectivity index (χ0v) is 12.1. The van der Waals surface area contributed by atoms with E-state index in [4.69, 9.17) is 33.7 Å². The molecule has 2 rings (SSSR count). The zero-order chi connectivity index (χ0) is 13.8. The number of hydrogen-bond donors (Lipinski definition) is 1. The molecule has 2 nitrogen and oxygen atoms in total. The second-order valence-corrected chi connectivity index (χ2v) is 5.37. The predicted octanol–water partition coefficient (Wildman–Crippen LogP) is 4.68. The van der Waals surface area contributed by atoms with E-state index >= 15 is 0 Å². The fourth-order valence-corrected chi connectivity index (χ4v) is 2.19. The van der Waals surface area contributed by atoms with Crippen molar-refractivity contribution in [3.8, 4) is 11.5 Å². The first-order valence-electron chi connectivity index (χ1n) is 6.02. The van der Waals surface area contributed by atoms with E-state index in [1.165, 1.54) is 0 Å². The van der Waals surface area contributed by atoms with Crippen LogP contribution in [0.15, 0.2) is 42.5 Å². The van der Waals surface area contributed by atoms with Gasteiger partial charge in [-0.2, -0.15) is 0 Å². The Morgan fingerprint density at radius 2 is 1.84 bits per heavy atom. The van der Waals surface area contributed by atoms with Crippen LogP contribution in [-0.4, -0.2) is 6.04 Å². The van der Waals surface area contributed by atoms with Crippen molar-refractivity contribution in [1.82, 2.24) is 0 Å². The number of rotatable bonds is 4. The maximum Gasteiger partial charge on any atom is 0.130 e. The highest BCUT2D eigenvalue weighted by atomic mass is 35.5. The van der Waals surface area contributed by atoms with Crippen molar-refractivity contribution in [3.05, 3.63) is 58.1 Å². The van der Waals surface area contributed by atoms with Crippen LogP contribution in [0.1, 0.15) is 12.5 Å². The lowest BCUT2D eigenvalue weighted by Gasteiger charge is -2.13. The van der Waals surface area contributed by atoms with Gasteiger partial charge in [-0.15, -0.1) is 0 Å². The summed E-state index contributed by atoms with van der Waals surface area (Å²) < 4.78 is 5.85. The minimum atomic E-state index is 0.0418. The Hall–Kier alpha value is -1.22. The molecule has 1 atom stereocenters. The third-order valence-electron chi connectivity index (χ3n) is 2.59. The van der Waals surface area contributed by atoms with Gasteiger partial charge in [0.05, 0.1) is 0 Å². The molecule has 0 bridgehead atoms. The van der Waals surface area contributed by atoms with E-state index < -0.39 is 0 Å². The number of halogens is 2. The summed E-state index contributed by atoms with van der Waals surface area (Å²) in [6.45, 7) is 1.95. The summed E-state index contributed by atoms with van der Waals surface area (Å²) in [6, 6.07) is 12.8. The van der Waals surface area contributed by atoms with Crippen LogP contribution in [0.3, 0.4) is 0 Å². The third-order valence-corrected chi connectivity index (χ3v) is 3.06. The summed E-state index contributed by atoms with van der Waals surface area (Å²) in [7, 11) is 0. The molecule has 19 heavy (non-hydrogen) atoms. The van der Waals surface area contributed by atoms with Crippen molar-refractivity contribution >= 4 is 23.2 Å².